The Hall–Kier alpha value is -1.74. The minimum absolute atomic E-state index is 0.0343. The minimum Gasteiger partial charge on any atom is -0.494 e. The van der Waals surface area contributed by atoms with Crippen molar-refractivity contribution in [2.24, 2.45) is 5.73 Å². The highest BCUT2D eigenvalue weighted by molar-refractivity contribution is 5.31. The Morgan fingerprint density at radius 2 is 2.24 bits per heavy atom. The van der Waals surface area contributed by atoms with Gasteiger partial charge in [0.15, 0.2) is 0 Å². The predicted octanol–water partition coefficient (Wildman–Crippen LogP) is 2.92. The van der Waals surface area contributed by atoms with E-state index in [-0.39, 0.29) is 6.04 Å². The number of hydrogen-bond donors (Lipinski definition) is 1. The van der Waals surface area contributed by atoms with Gasteiger partial charge >= 0.3 is 0 Å². The fraction of sp³-hybridized carbons (Fsp3) is 0.286. The van der Waals surface area contributed by atoms with Crippen LogP contribution in [0.25, 0.3) is 0 Å². The molecule has 0 radical (unpaired) electrons. The van der Waals surface area contributed by atoms with Crippen LogP contribution in [0.4, 0.5) is 0 Å². The summed E-state index contributed by atoms with van der Waals surface area (Å²) in [7, 11) is 0. The van der Waals surface area contributed by atoms with Gasteiger partial charge in [-0.15, -0.1) is 0 Å². The van der Waals surface area contributed by atoms with Crippen molar-refractivity contribution < 1.29 is 9.15 Å². The van der Waals surface area contributed by atoms with Crippen LogP contribution in [-0.4, -0.2) is 6.61 Å². The van der Waals surface area contributed by atoms with Gasteiger partial charge in [-0.1, -0.05) is 12.1 Å². The first-order valence-corrected chi connectivity index (χ1v) is 5.79. The number of furan rings is 1. The largest absolute Gasteiger partial charge is 0.494 e. The molecule has 0 fully saturated rings. The zero-order valence-corrected chi connectivity index (χ0v) is 9.93. The summed E-state index contributed by atoms with van der Waals surface area (Å²) in [5, 5.41) is 0. The first-order valence-electron chi connectivity index (χ1n) is 5.79. The average molecular weight is 231 g/mol. The molecule has 1 aromatic heterocycles. The van der Waals surface area contributed by atoms with Gasteiger partial charge in [-0.05, 0) is 42.7 Å². The third kappa shape index (κ3) is 3.11. The Labute approximate surface area is 101 Å². The summed E-state index contributed by atoms with van der Waals surface area (Å²) in [5.74, 6) is 0.868. The monoisotopic (exact) mass is 231 g/mol. The van der Waals surface area contributed by atoms with Crippen LogP contribution in [0.3, 0.4) is 0 Å². The van der Waals surface area contributed by atoms with Gasteiger partial charge < -0.3 is 14.9 Å². The van der Waals surface area contributed by atoms with E-state index in [0.717, 1.165) is 23.3 Å². The predicted molar refractivity (Wildman–Crippen MR) is 67.0 cm³/mol. The van der Waals surface area contributed by atoms with Gasteiger partial charge in [-0.2, -0.15) is 0 Å². The number of rotatable bonds is 5. The maximum Gasteiger partial charge on any atom is 0.119 e. The van der Waals surface area contributed by atoms with Crippen LogP contribution >= 0.6 is 0 Å². The lowest BCUT2D eigenvalue weighted by atomic mass is 10.0. The standard InChI is InChI=1S/C14H17NO2/c1-2-17-13-5-3-4-12(9-13)14(15)8-11-6-7-16-10-11/h3-7,9-10,14H,2,8,15H2,1H3. The quantitative estimate of drug-likeness (QED) is 0.860. The van der Waals surface area contributed by atoms with Crippen molar-refractivity contribution >= 4 is 0 Å². The zero-order valence-electron chi connectivity index (χ0n) is 9.93. The second kappa shape index (κ2) is 5.55. The zero-order chi connectivity index (χ0) is 12.1. The first kappa shape index (κ1) is 11.7. The van der Waals surface area contributed by atoms with Crippen molar-refractivity contribution in [1.29, 1.82) is 0 Å². The molecule has 0 aliphatic heterocycles. The smallest absolute Gasteiger partial charge is 0.119 e. The minimum atomic E-state index is -0.0343. The van der Waals surface area contributed by atoms with Crippen LogP contribution in [0, 0.1) is 0 Å². The molecule has 3 nitrogen and oxygen atoms in total. The second-order valence-corrected chi connectivity index (χ2v) is 3.95. The Morgan fingerprint density at radius 3 is 2.94 bits per heavy atom. The molecule has 1 atom stereocenters. The van der Waals surface area contributed by atoms with E-state index >= 15 is 0 Å². The van der Waals surface area contributed by atoms with Crippen molar-refractivity contribution in [3.05, 3.63) is 54.0 Å². The van der Waals surface area contributed by atoms with Crippen molar-refractivity contribution in [3.63, 3.8) is 0 Å². The molecular weight excluding hydrogens is 214 g/mol. The summed E-state index contributed by atoms with van der Waals surface area (Å²) < 4.78 is 10.5. The van der Waals surface area contributed by atoms with Gasteiger partial charge in [0, 0.05) is 6.04 Å². The lowest BCUT2D eigenvalue weighted by Crippen LogP contribution is -2.13. The van der Waals surface area contributed by atoms with Crippen LogP contribution < -0.4 is 10.5 Å². The van der Waals surface area contributed by atoms with E-state index in [1.54, 1.807) is 12.5 Å². The van der Waals surface area contributed by atoms with E-state index in [0.29, 0.717) is 6.61 Å². The van der Waals surface area contributed by atoms with Crippen LogP contribution in [0.1, 0.15) is 24.1 Å². The van der Waals surface area contributed by atoms with Gasteiger partial charge in [-0.3, -0.25) is 0 Å². The highest BCUT2D eigenvalue weighted by Crippen LogP contribution is 2.21. The highest BCUT2D eigenvalue weighted by atomic mass is 16.5. The highest BCUT2D eigenvalue weighted by Gasteiger charge is 2.08. The van der Waals surface area contributed by atoms with Crippen molar-refractivity contribution in [1.82, 2.24) is 0 Å². The lowest BCUT2D eigenvalue weighted by Gasteiger charge is -2.12. The van der Waals surface area contributed by atoms with Crippen molar-refractivity contribution in [2.45, 2.75) is 19.4 Å². The first-order chi connectivity index (χ1) is 8.29. The van der Waals surface area contributed by atoms with E-state index < -0.39 is 0 Å². The molecule has 0 aliphatic rings. The third-order valence-corrected chi connectivity index (χ3v) is 2.63. The summed E-state index contributed by atoms with van der Waals surface area (Å²) >= 11 is 0. The maximum absolute atomic E-state index is 6.15. The van der Waals surface area contributed by atoms with Crippen LogP contribution in [-0.2, 0) is 6.42 Å². The van der Waals surface area contributed by atoms with Crippen LogP contribution in [0.5, 0.6) is 5.75 Å². The number of ether oxygens (including phenoxy) is 1. The fourth-order valence-corrected chi connectivity index (χ4v) is 1.78. The van der Waals surface area contributed by atoms with Crippen molar-refractivity contribution in [2.75, 3.05) is 6.61 Å². The molecule has 1 heterocycles. The normalized spacial score (nSPS) is 12.4. The summed E-state index contributed by atoms with van der Waals surface area (Å²) in [6, 6.07) is 9.83. The molecule has 90 valence electrons. The van der Waals surface area contributed by atoms with E-state index in [1.807, 2.05) is 37.3 Å². The van der Waals surface area contributed by atoms with E-state index in [1.165, 1.54) is 0 Å². The maximum atomic E-state index is 6.15. The Morgan fingerprint density at radius 1 is 1.35 bits per heavy atom. The molecule has 0 amide bonds. The van der Waals surface area contributed by atoms with Crippen molar-refractivity contribution in [3.8, 4) is 5.75 Å². The molecule has 0 saturated heterocycles. The molecule has 3 heteroatoms. The van der Waals surface area contributed by atoms with Crippen LogP contribution in [0.15, 0.2) is 47.3 Å². The molecule has 2 aromatic rings. The molecule has 0 bridgehead atoms. The van der Waals surface area contributed by atoms with Gasteiger partial charge in [-0.25, -0.2) is 0 Å². The van der Waals surface area contributed by atoms with Gasteiger partial charge in [0.1, 0.15) is 5.75 Å². The molecule has 0 aliphatic carbocycles. The summed E-state index contributed by atoms with van der Waals surface area (Å²) in [5.41, 5.74) is 8.35. The Balaban J connectivity index is 2.07. The Kier molecular flexibility index (Phi) is 3.83. The van der Waals surface area contributed by atoms with E-state index in [9.17, 15) is 0 Å². The summed E-state index contributed by atoms with van der Waals surface area (Å²) in [6.07, 6.45) is 4.16. The Bertz CT molecular complexity index is 451. The summed E-state index contributed by atoms with van der Waals surface area (Å²) in [4.78, 5) is 0. The number of benzene rings is 1. The van der Waals surface area contributed by atoms with Gasteiger partial charge in [0.05, 0.1) is 19.1 Å². The topological polar surface area (TPSA) is 48.4 Å². The lowest BCUT2D eigenvalue weighted by molar-refractivity contribution is 0.339. The molecule has 2 rings (SSSR count). The fourth-order valence-electron chi connectivity index (χ4n) is 1.78. The van der Waals surface area contributed by atoms with Gasteiger partial charge in [0.25, 0.3) is 0 Å². The molecule has 1 unspecified atom stereocenters. The molecule has 2 N–H and O–H groups in total. The molecule has 0 saturated carbocycles. The van der Waals surface area contributed by atoms with Crippen LogP contribution in [0.2, 0.25) is 0 Å². The SMILES string of the molecule is CCOc1cccc(C(N)Cc2ccoc2)c1. The molecular formula is C14H17NO2. The molecule has 17 heavy (non-hydrogen) atoms. The number of nitrogens with two attached hydrogens (primary N) is 1. The average Bonchev–Trinajstić information content (AvgIpc) is 2.83. The molecule has 1 aromatic carbocycles. The molecule has 0 spiro atoms. The van der Waals surface area contributed by atoms with E-state index in [2.05, 4.69) is 0 Å². The summed E-state index contributed by atoms with van der Waals surface area (Å²) in [6.45, 7) is 2.64. The third-order valence-electron chi connectivity index (χ3n) is 2.63. The van der Waals surface area contributed by atoms with E-state index in [4.69, 9.17) is 14.9 Å². The second-order valence-electron chi connectivity index (χ2n) is 3.95. The number of hydrogen-bond acceptors (Lipinski definition) is 3. The van der Waals surface area contributed by atoms with Gasteiger partial charge in [0.2, 0.25) is 0 Å².